The Bertz CT molecular complexity index is 665. The minimum Gasteiger partial charge on any atom is -0.355 e. The monoisotopic (exact) mass is 277 g/mol. The molecule has 3 nitrogen and oxygen atoms in total. The number of piperidine rings is 1. The van der Waals surface area contributed by atoms with E-state index in [0.717, 1.165) is 41.3 Å². The predicted molar refractivity (Wildman–Crippen MR) is 85.2 cm³/mol. The SMILES string of the molecule is Cc1cc(-c2ccccc2)nc(N2CCCCC2)c1C#N. The number of pyridine rings is 1. The van der Waals surface area contributed by atoms with Crippen molar-refractivity contribution in [3.05, 3.63) is 47.5 Å². The highest BCUT2D eigenvalue weighted by molar-refractivity contribution is 5.68. The van der Waals surface area contributed by atoms with Gasteiger partial charge in [0, 0.05) is 18.7 Å². The van der Waals surface area contributed by atoms with Crippen molar-refractivity contribution < 1.29 is 0 Å². The van der Waals surface area contributed by atoms with Crippen molar-refractivity contribution in [1.29, 1.82) is 5.26 Å². The van der Waals surface area contributed by atoms with Crippen LogP contribution < -0.4 is 4.90 Å². The molecule has 106 valence electrons. The summed E-state index contributed by atoms with van der Waals surface area (Å²) in [6.45, 7) is 4.00. The molecule has 0 radical (unpaired) electrons. The summed E-state index contributed by atoms with van der Waals surface area (Å²) < 4.78 is 0. The first-order chi connectivity index (χ1) is 10.3. The summed E-state index contributed by atoms with van der Waals surface area (Å²) in [5, 5.41) is 9.47. The number of hydrogen-bond acceptors (Lipinski definition) is 3. The zero-order chi connectivity index (χ0) is 14.7. The molecule has 0 saturated carbocycles. The van der Waals surface area contributed by atoms with Crippen LogP contribution in [0.4, 0.5) is 5.82 Å². The molecule has 0 atom stereocenters. The number of aromatic nitrogens is 1. The van der Waals surface area contributed by atoms with E-state index in [0.29, 0.717) is 0 Å². The highest BCUT2D eigenvalue weighted by Crippen LogP contribution is 2.28. The van der Waals surface area contributed by atoms with E-state index >= 15 is 0 Å². The molecule has 2 aromatic rings. The molecule has 0 N–H and O–H groups in total. The molecule has 1 aliphatic rings. The number of hydrogen-bond donors (Lipinski definition) is 0. The topological polar surface area (TPSA) is 39.9 Å². The van der Waals surface area contributed by atoms with Crippen LogP contribution in [0.5, 0.6) is 0 Å². The fraction of sp³-hybridized carbons (Fsp3) is 0.333. The Morgan fingerprint density at radius 3 is 2.48 bits per heavy atom. The van der Waals surface area contributed by atoms with Crippen molar-refractivity contribution in [3.63, 3.8) is 0 Å². The predicted octanol–water partition coefficient (Wildman–Crippen LogP) is 3.92. The summed E-state index contributed by atoms with van der Waals surface area (Å²) >= 11 is 0. The molecule has 21 heavy (non-hydrogen) atoms. The average Bonchev–Trinajstić information content (AvgIpc) is 2.55. The zero-order valence-electron chi connectivity index (χ0n) is 12.3. The molecule has 2 heterocycles. The average molecular weight is 277 g/mol. The van der Waals surface area contributed by atoms with Gasteiger partial charge in [-0.3, -0.25) is 0 Å². The van der Waals surface area contributed by atoms with Crippen molar-refractivity contribution in [2.24, 2.45) is 0 Å². The van der Waals surface area contributed by atoms with Crippen LogP contribution in [-0.2, 0) is 0 Å². The smallest absolute Gasteiger partial charge is 0.147 e. The van der Waals surface area contributed by atoms with Gasteiger partial charge in [-0.25, -0.2) is 4.98 Å². The fourth-order valence-electron chi connectivity index (χ4n) is 2.89. The summed E-state index contributed by atoms with van der Waals surface area (Å²) in [6.07, 6.45) is 3.64. The van der Waals surface area contributed by atoms with Gasteiger partial charge < -0.3 is 4.90 Å². The van der Waals surface area contributed by atoms with Gasteiger partial charge in [-0.05, 0) is 37.8 Å². The van der Waals surface area contributed by atoms with Crippen LogP contribution in [-0.4, -0.2) is 18.1 Å². The maximum atomic E-state index is 9.47. The lowest BCUT2D eigenvalue weighted by Crippen LogP contribution is -2.31. The second kappa shape index (κ2) is 5.97. The number of nitriles is 1. The number of rotatable bonds is 2. The third-order valence-electron chi connectivity index (χ3n) is 4.03. The summed E-state index contributed by atoms with van der Waals surface area (Å²) in [4.78, 5) is 7.07. The molecular weight excluding hydrogens is 258 g/mol. The summed E-state index contributed by atoms with van der Waals surface area (Å²) in [5.41, 5.74) is 3.78. The first-order valence-corrected chi connectivity index (χ1v) is 7.51. The van der Waals surface area contributed by atoms with E-state index in [1.165, 1.54) is 19.3 Å². The quantitative estimate of drug-likeness (QED) is 0.835. The largest absolute Gasteiger partial charge is 0.355 e. The fourth-order valence-corrected chi connectivity index (χ4v) is 2.89. The molecule has 0 spiro atoms. The molecule has 1 aromatic heterocycles. The Kier molecular flexibility index (Phi) is 3.87. The summed E-state index contributed by atoms with van der Waals surface area (Å²) in [6, 6.07) is 14.5. The van der Waals surface area contributed by atoms with Gasteiger partial charge >= 0.3 is 0 Å². The Labute approximate surface area is 125 Å². The second-order valence-electron chi connectivity index (χ2n) is 5.55. The Morgan fingerprint density at radius 1 is 1.10 bits per heavy atom. The van der Waals surface area contributed by atoms with Crippen molar-refractivity contribution in [1.82, 2.24) is 4.98 Å². The maximum Gasteiger partial charge on any atom is 0.147 e. The van der Waals surface area contributed by atoms with E-state index < -0.39 is 0 Å². The van der Waals surface area contributed by atoms with Gasteiger partial charge in [0.1, 0.15) is 11.9 Å². The van der Waals surface area contributed by atoms with Crippen LogP contribution in [0.15, 0.2) is 36.4 Å². The standard InChI is InChI=1S/C18H19N3/c1-14-12-17(15-8-4-2-5-9-15)20-18(16(14)13-19)21-10-6-3-7-11-21/h2,4-5,8-9,12H,3,6-7,10-11H2,1H3. The second-order valence-corrected chi connectivity index (χ2v) is 5.55. The highest BCUT2D eigenvalue weighted by atomic mass is 15.2. The third-order valence-corrected chi connectivity index (χ3v) is 4.03. The lowest BCUT2D eigenvalue weighted by atomic mass is 10.0. The molecule has 3 rings (SSSR count). The molecular formula is C18H19N3. The van der Waals surface area contributed by atoms with Crippen molar-refractivity contribution in [2.75, 3.05) is 18.0 Å². The van der Waals surface area contributed by atoms with Crippen molar-refractivity contribution in [3.8, 4) is 17.3 Å². The van der Waals surface area contributed by atoms with Gasteiger partial charge in [0.15, 0.2) is 0 Å². The molecule has 1 aromatic carbocycles. The van der Waals surface area contributed by atoms with E-state index in [2.05, 4.69) is 23.1 Å². The van der Waals surface area contributed by atoms with Crippen LogP contribution in [0.3, 0.4) is 0 Å². The number of benzene rings is 1. The summed E-state index contributed by atoms with van der Waals surface area (Å²) in [7, 11) is 0. The number of anilines is 1. The van der Waals surface area contributed by atoms with E-state index in [1.54, 1.807) is 0 Å². The molecule has 1 fully saturated rings. The number of aryl methyl sites for hydroxylation is 1. The molecule has 1 aliphatic heterocycles. The van der Waals surface area contributed by atoms with Gasteiger partial charge in [0.25, 0.3) is 0 Å². The Morgan fingerprint density at radius 2 is 1.81 bits per heavy atom. The van der Waals surface area contributed by atoms with Crippen LogP contribution in [0.2, 0.25) is 0 Å². The van der Waals surface area contributed by atoms with Crippen molar-refractivity contribution in [2.45, 2.75) is 26.2 Å². The van der Waals surface area contributed by atoms with Crippen LogP contribution in [0.25, 0.3) is 11.3 Å². The zero-order valence-corrected chi connectivity index (χ0v) is 12.3. The third kappa shape index (κ3) is 2.75. The van der Waals surface area contributed by atoms with Crippen LogP contribution >= 0.6 is 0 Å². The summed E-state index contributed by atoms with van der Waals surface area (Å²) in [5.74, 6) is 0.857. The van der Waals surface area contributed by atoms with Gasteiger partial charge in [0.05, 0.1) is 11.3 Å². The molecule has 1 saturated heterocycles. The normalized spacial score (nSPS) is 14.8. The first kappa shape index (κ1) is 13.6. The van der Waals surface area contributed by atoms with E-state index in [4.69, 9.17) is 4.98 Å². The van der Waals surface area contributed by atoms with Crippen LogP contribution in [0, 0.1) is 18.3 Å². The van der Waals surface area contributed by atoms with Gasteiger partial charge in [-0.15, -0.1) is 0 Å². The van der Waals surface area contributed by atoms with Gasteiger partial charge in [0.2, 0.25) is 0 Å². The lowest BCUT2D eigenvalue weighted by Gasteiger charge is -2.29. The Balaban J connectivity index is 2.09. The van der Waals surface area contributed by atoms with Crippen molar-refractivity contribution >= 4 is 5.82 Å². The minimum absolute atomic E-state index is 0.719. The van der Waals surface area contributed by atoms with Gasteiger partial charge in [-0.1, -0.05) is 30.3 Å². The lowest BCUT2D eigenvalue weighted by molar-refractivity contribution is 0.573. The highest BCUT2D eigenvalue weighted by Gasteiger charge is 2.19. The molecule has 3 heteroatoms. The molecule has 0 unspecified atom stereocenters. The molecule has 0 aliphatic carbocycles. The number of nitrogens with zero attached hydrogens (tertiary/aromatic N) is 3. The van der Waals surface area contributed by atoms with Crippen LogP contribution in [0.1, 0.15) is 30.4 Å². The molecule has 0 amide bonds. The maximum absolute atomic E-state index is 9.47. The molecule has 0 bridgehead atoms. The minimum atomic E-state index is 0.719. The van der Waals surface area contributed by atoms with E-state index in [1.807, 2.05) is 31.2 Å². The van der Waals surface area contributed by atoms with E-state index in [9.17, 15) is 5.26 Å². The Hall–Kier alpha value is -2.34. The van der Waals surface area contributed by atoms with E-state index in [-0.39, 0.29) is 0 Å². The van der Waals surface area contributed by atoms with Gasteiger partial charge in [-0.2, -0.15) is 5.26 Å². The first-order valence-electron chi connectivity index (χ1n) is 7.51.